The molecule has 0 saturated carbocycles. The van der Waals surface area contributed by atoms with Gasteiger partial charge in [0.05, 0.1) is 11.2 Å². The molecule has 2 rings (SSSR count). The van der Waals surface area contributed by atoms with Gasteiger partial charge in [-0.3, -0.25) is 0 Å². The summed E-state index contributed by atoms with van der Waals surface area (Å²) >= 11 is 0. The van der Waals surface area contributed by atoms with E-state index in [1.54, 1.807) is 13.8 Å². The summed E-state index contributed by atoms with van der Waals surface area (Å²) in [7, 11) is 0. The molecule has 2 nitrogen and oxygen atoms in total. The molecule has 1 aromatic carbocycles. The zero-order valence-corrected chi connectivity index (χ0v) is 9.28. The van der Waals surface area contributed by atoms with Crippen LogP contribution < -0.4 is 0 Å². The number of benzene rings is 1. The number of rotatable bonds is 1. The summed E-state index contributed by atoms with van der Waals surface area (Å²) < 4.78 is 0. The van der Waals surface area contributed by atoms with E-state index in [9.17, 15) is 5.11 Å². The summed E-state index contributed by atoms with van der Waals surface area (Å²) in [6.07, 6.45) is 0. The highest BCUT2D eigenvalue weighted by atomic mass is 16.3. The van der Waals surface area contributed by atoms with Crippen molar-refractivity contribution in [2.45, 2.75) is 26.4 Å². The zero-order valence-electron chi connectivity index (χ0n) is 9.28. The van der Waals surface area contributed by atoms with Crippen LogP contribution >= 0.6 is 0 Å². The van der Waals surface area contributed by atoms with E-state index in [1.807, 2.05) is 24.3 Å². The summed E-state index contributed by atoms with van der Waals surface area (Å²) in [6, 6.07) is 9.99. The number of aryl methyl sites for hydroxylation is 1. The van der Waals surface area contributed by atoms with E-state index in [0.717, 1.165) is 10.9 Å². The monoisotopic (exact) mass is 201 g/mol. The van der Waals surface area contributed by atoms with E-state index >= 15 is 0 Å². The van der Waals surface area contributed by atoms with Gasteiger partial charge in [-0.05, 0) is 39.0 Å². The first-order valence-electron chi connectivity index (χ1n) is 5.07. The number of nitrogens with zero attached hydrogens (tertiary/aromatic N) is 1. The van der Waals surface area contributed by atoms with E-state index in [2.05, 4.69) is 18.0 Å². The Morgan fingerprint density at radius 1 is 1.13 bits per heavy atom. The summed E-state index contributed by atoms with van der Waals surface area (Å²) in [5.41, 5.74) is 1.98. The van der Waals surface area contributed by atoms with Gasteiger partial charge in [0, 0.05) is 5.39 Å². The average Bonchev–Trinajstić information content (AvgIpc) is 2.15. The number of hydrogen-bond donors (Lipinski definition) is 1. The van der Waals surface area contributed by atoms with Crippen LogP contribution in [0, 0.1) is 6.92 Å². The fourth-order valence-electron chi connectivity index (χ4n) is 1.59. The molecule has 0 atom stereocenters. The molecule has 0 fully saturated rings. The molecule has 0 aliphatic heterocycles. The van der Waals surface area contributed by atoms with Crippen LogP contribution in [0.3, 0.4) is 0 Å². The van der Waals surface area contributed by atoms with Crippen LogP contribution in [0.25, 0.3) is 10.9 Å². The molecule has 0 bridgehead atoms. The quantitative estimate of drug-likeness (QED) is 0.769. The SMILES string of the molecule is Cc1ccc2nc(C(C)(C)O)ccc2c1. The minimum atomic E-state index is -0.876. The predicted molar refractivity (Wildman–Crippen MR) is 61.7 cm³/mol. The van der Waals surface area contributed by atoms with Gasteiger partial charge in [-0.15, -0.1) is 0 Å². The lowest BCUT2D eigenvalue weighted by Crippen LogP contribution is -2.17. The fourth-order valence-corrected chi connectivity index (χ4v) is 1.59. The Hall–Kier alpha value is -1.41. The molecular formula is C13H15NO. The van der Waals surface area contributed by atoms with Crippen LogP contribution in [0.4, 0.5) is 0 Å². The summed E-state index contributed by atoms with van der Waals surface area (Å²) in [6.45, 7) is 5.55. The van der Waals surface area contributed by atoms with E-state index in [-0.39, 0.29) is 0 Å². The average molecular weight is 201 g/mol. The molecule has 1 heterocycles. The van der Waals surface area contributed by atoms with Crippen molar-refractivity contribution in [1.82, 2.24) is 4.98 Å². The third kappa shape index (κ3) is 2.00. The maximum absolute atomic E-state index is 9.84. The number of hydrogen-bond acceptors (Lipinski definition) is 2. The van der Waals surface area contributed by atoms with Crippen LogP contribution in [0.5, 0.6) is 0 Å². The molecule has 0 aliphatic rings. The van der Waals surface area contributed by atoms with Gasteiger partial charge in [0.15, 0.2) is 0 Å². The Kier molecular flexibility index (Phi) is 2.24. The lowest BCUT2D eigenvalue weighted by molar-refractivity contribution is 0.0742. The molecule has 0 saturated heterocycles. The van der Waals surface area contributed by atoms with Gasteiger partial charge in [-0.2, -0.15) is 0 Å². The number of fused-ring (bicyclic) bond motifs is 1. The Labute approximate surface area is 89.6 Å². The largest absolute Gasteiger partial charge is 0.384 e. The van der Waals surface area contributed by atoms with Gasteiger partial charge in [-0.1, -0.05) is 17.7 Å². The van der Waals surface area contributed by atoms with Gasteiger partial charge >= 0.3 is 0 Å². The second kappa shape index (κ2) is 3.31. The van der Waals surface area contributed by atoms with Gasteiger partial charge < -0.3 is 5.11 Å². The zero-order chi connectivity index (χ0) is 11.1. The van der Waals surface area contributed by atoms with E-state index < -0.39 is 5.60 Å². The predicted octanol–water partition coefficient (Wildman–Crippen LogP) is 2.77. The highest BCUT2D eigenvalue weighted by Gasteiger charge is 2.17. The molecule has 2 aromatic rings. The smallest absolute Gasteiger partial charge is 0.101 e. The topological polar surface area (TPSA) is 33.1 Å². The normalized spacial score (nSPS) is 12.0. The molecule has 2 heteroatoms. The lowest BCUT2D eigenvalue weighted by Gasteiger charge is -2.16. The van der Waals surface area contributed by atoms with Gasteiger partial charge in [0.2, 0.25) is 0 Å². The van der Waals surface area contributed by atoms with Crippen molar-refractivity contribution in [3.05, 3.63) is 41.6 Å². The summed E-state index contributed by atoms with van der Waals surface area (Å²) in [4.78, 5) is 4.44. The number of pyridine rings is 1. The van der Waals surface area contributed by atoms with Crippen molar-refractivity contribution in [2.75, 3.05) is 0 Å². The molecule has 0 aliphatic carbocycles. The van der Waals surface area contributed by atoms with Crippen LogP contribution in [0.2, 0.25) is 0 Å². The molecule has 0 spiro atoms. The van der Waals surface area contributed by atoms with Gasteiger partial charge in [0.25, 0.3) is 0 Å². The van der Waals surface area contributed by atoms with E-state index in [1.165, 1.54) is 5.56 Å². The molecule has 1 aromatic heterocycles. The minimum Gasteiger partial charge on any atom is -0.384 e. The molecule has 78 valence electrons. The van der Waals surface area contributed by atoms with Crippen molar-refractivity contribution in [3.63, 3.8) is 0 Å². The standard InChI is InChI=1S/C13H15NO/c1-9-4-6-11-10(8-9)5-7-12(14-11)13(2,3)15/h4-8,15H,1-3H3. The highest BCUT2D eigenvalue weighted by molar-refractivity contribution is 5.79. The first-order chi connectivity index (χ1) is 6.97. The van der Waals surface area contributed by atoms with Crippen molar-refractivity contribution in [3.8, 4) is 0 Å². The maximum Gasteiger partial charge on any atom is 0.101 e. The second-order valence-corrected chi connectivity index (χ2v) is 4.45. The Morgan fingerprint density at radius 3 is 2.53 bits per heavy atom. The minimum absolute atomic E-state index is 0.707. The maximum atomic E-state index is 9.84. The van der Waals surface area contributed by atoms with Crippen LogP contribution in [-0.4, -0.2) is 10.1 Å². The molecule has 1 N–H and O–H groups in total. The molecule has 0 radical (unpaired) electrons. The Morgan fingerprint density at radius 2 is 1.87 bits per heavy atom. The Bertz CT molecular complexity index is 497. The van der Waals surface area contributed by atoms with Crippen LogP contribution in [-0.2, 0) is 5.60 Å². The van der Waals surface area contributed by atoms with Crippen LogP contribution in [0.1, 0.15) is 25.1 Å². The molecule has 0 unspecified atom stereocenters. The van der Waals surface area contributed by atoms with Crippen molar-refractivity contribution in [2.24, 2.45) is 0 Å². The molecular weight excluding hydrogens is 186 g/mol. The Balaban J connectivity index is 2.62. The molecule has 15 heavy (non-hydrogen) atoms. The second-order valence-electron chi connectivity index (χ2n) is 4.45. The van der Waals surface area contributed by atoms with Crippen molar-refractivity contribution < 1.29 is 5.11 Å². The number of aromatic nitrogens is 1. The van der Waals surface area contributed by atoms with E-state index in [0.29, 0.717) is 5.69 Å². The first kappa shape index (κ1) is 10.1. The van der Waals surface area contributed by atoms with Crippen LogP contribution in [0.15, 0.2) is 30.3 Å². The van der Waals surface area contributed by atoms with Gasteiger partial charge in [0.1, 0.15) is 5.60 Å². The third-order valence-corrected chi connectivity index (χ3v) is 2.47. The fraction of sp³-hybridized carbons (Fsp3) is 0.308. The van der Waals surface area contributed by atoms with Crippen molar-refractivity contribution in [1.29, 1.82) is 0 Å². The lowest BCUT2D eigenvalue weighted by atomic mass is 10.0. The molecule has 0 amide bonds. The van der Waals surface area contributed by atoms with Gasteiger partial charge in [-0.25, -0.2) is 4.98 Å². The van der Waals surface area contributed by atoms with Crippen molar-refractivity contribution >= 4 is 10.9 Å². The van der Waals surface area contributed by atoms with E-state index in [4.69, 9.17) is 0 Å². The highest BCUT2D eigenvalue weighted by Crippen LogP contribution is 2.21. The summed E-state index contributed by atoms with van der Waals surface area (Å²) in [5, 5.41) is 11.0. The third-order valence-electron chi connectivity index (χ3n) is 2.47. The number of aliphatic hydroxyl groups is 1. The first-order valence-corrected chi connectivity index (χ1v) is 5.07. The summed E-state index contributed by atoms with van der Waals surface area (Å²) in [5.74, 6) is 0.